The monoisotopic (exact) mass is 546 g/mol. The first-order chi connectivity index (χ1) is 20.7. The number of aliphatic hydroxyl groups excluding tert-OH is 1. The van der Waals surface area contributed by atoms with Crippen LogP contribution in [0.5, 0.6) is 5.75 Å². The number of benzene rings is 6. The van der Waals surface area contributed by atoms with Crippen LogP contribution in [-0.4, -0.2) is 16.8 Å². The van der Waals surface area contributed by atoms with E-state index >= 15 is 0 Å². The smallest absolute Gasteiger partial charge is 0.119 e. The van der Waals surface area contributed by atoms with Crippen LogP contribution in [0.4, 0.5) is 17.1 Å². The average molecular weight is 547 g/mol. The van der Waals surface area contributed by atoms with Gasteiger partial charge in [0.15, 0.2) is 0 Å². The van der Waals surface area contributed by atoms with Gasteiger partial charge in [-0.05, 0) is 83.4 Å². The number of para-hydroxylation sites is 1. The van der Waals surface area contributed by atoms with E-state index in [0.717, 1.165) is 45.1 Å². The number of nitrogens with zero attached hydrogens (tertiary/aromatic N) is 2. The SMILES string of the molecule is COc1ccc(N(c2ccc(CO)cc2)c2cccc3c2c2ccccc2n3-c2ccc(-c3ccccc3)cc2)cc1. The van der Waals surface area contributed by atoms with Gasteiger partial charge in [0.1, 0.15) is 5.75 Å². The number of methoxy groups -OCH3 is 1. The predicted octanol–water partition coefficient (Wildman–Crippen LogP) is 9.42. The molecule has 0 saturated heterocycles. The molecule has 42 heavy (non-hydrogen) atoms. The van der Waals surface area contributed by atoms with Crippen LogP contribution in [0.3, 0.4) is 0 Å². The molecule has 7 rings (SSSR count). The largest absolute Gasteiger partial charge is 0.497 e. The van der Waals surface area contributed by atoms with E-state index in [0.29, 0.717) is 0 Å². The molecule has 0 fully saturated rings. The molecule has 0 radical (unpaired) electrons. The zero-order valence-corrected chi connectivity index (χ0v) is 23.3. The first-order valence-electron chi connectivity index (χ1n) is 14.1. The number of hydrogen-bond acceptors (Lipinski definition) is 3. The molecule has 0 aliphatic heterocycles. The fourth-order valence-electron chi connectivity index (χ4n) is 5.81. The highest BCUT2D eigenvalue weighted by Crippen LogP contribution is 2.44. The summed E-state index contributed by atoms with van der Waals surface area (Å²) in [6, 6.07) is 50.6. The molecule has 4 nitrogen and oxygen atoms in total. The standard InChI is InChI=1S/C38H30N2O2/c1-42-33-24-22-31(23-25-33)39(30-18-14-27(26-41)15-19-30)36-12-7-13-37-38(36)34-10-5-6-11-35(34)40(37)32-20-16-29(17-21-32)28-8-3-2-4-9-28/h2-25,41H,26H2,1H3. The number of aliphatic hydroxyl groups is 1. The molecule has 0 spiro atoms. The average Bonchev–Trinajstić information content (AvgIpc) is 3.41. The van der Waals surface area contributed by atoms with Crippen molar-refractivity contribution in [3.8, 4) is 22.6 Å². The number of aromatic nitrogens is 1. The molecule has 7 aromatic rings. The highest BCUT2D eigenvalue weighted by Gasteiger charge is 2.21. The lowest BCUT2D eigenvalue weighted by Crippen LogP contribution is -2.10. The third-order valence-electron chi connectivity index (χ3n) is 7.86. The summed E-state index contributed by atoms with van der Waals surface area (Å²) in [7, 11) is 1.68. The summed E-state index contributed by atoms with van der Waals surface area (Å²) in [4.78, 5) is 2.28. The number of anilines is 3. The van der Waals surface area contributed by atoms with Crippen LogP contribution in [0.2, 0.25) is 0 Å². The molecule has 1 heterocycles. The summed E-state index contributed by atoms with van der Waals surface area (Å²) in [6.07, 6.45) is 0. The first kappa shape index (κ1) is 25.6. The van der Waals surface area contributed by atoms with E-state index in [1.165, 1.54) is 21.9 Å². The fourth-order valence-corrected chi connectivity index (χ4v) is 5.81. The van der Waals surface area contributed by atoms with Gasteiger partial charge in [0.2, 0.25) is 0 Å². The summed E-state index contributed by atoms with van der Waals surface area (Å²) in [5.74, 6) is 0.808. The van der Waals surface area contributed by atoms with Crippen molar-refractivity contribution >= 4 is 38.9 Å². The molecule has 0 aliphatic carbocycles. The molecule has 0 saturated carbocycles. The fraction of sp³-hybridized carbons (Fsp3) is 0.0526. The van der Waals surface area contributed by atoms with E-state index in [2.05, 4.69) is 125 Å². The Morgan fingerprint density at radius 2 is 1.21 bits per heavy atom. The second-order valence-electron chi connectivity index (χ2n) is 10.3. The van der Waals surface area contributed by atoms with Gasteiger partial charge in [0.25, 0.3) is 0 Å². The van der Waals surface area contributed by atoms with Crippen molar-refractivity contribution in [2.24, 2.45) is 0 Å². The third-order valence-corrected chi connectivity index (χ3v) is 7.86. The highest BCUT2D eigenvalue weighted by molar-refractivity contribution is 6.16. The van der Waals surface area contributed by atoms with Gasteiger partial charge >= 0.3 is 0 Å². The van der Waals surface area contributed by atoms with Gasteiger partial charge in [-0.2, -0.15) is 0 Å². The molecule has 0 unspecified atom stereocenters. The Balaban J connectivity index is 1.45. The third kappa shape index (κ3) is 4.48. The Morgan fingerprint density at radius 3 is 1.90 bits per heavy atom. The van der Waals surface area contributed by atoms with Crippen molar-refractivity contribution in [3.05, 3.63) is 151 Å². The van der Waals surface area contributed by atoms with Crippen LogP contribution in [-0.2, 0) is 6.61 Å². The number of fused-ring (bicyclic) bond motifs is 3. The molecule has 204 valence electrons. The summed E-state index contributed by atoms with van der Waals surface area (Å²) < 4.78 is 7.81. The number of ether oxygens (including phenoxy) is 1. The van der Waals surface area contributed by atoms with Gasteiger partial charge in [-0.1, -0.05) is 78.9 Å². The molecule has 4 heteroatoms. The summed E-state index contributed by atoms with van der Waals surface area (Å²) in [5.41, 5.74) is 9.77. The van der Waals surface area contributed by atoms with E-state index in [1.807, 2.05) is 30.3 Å². The summed E-state index contributed by atoms with van der Waals surface area (Å²) in [6.45, 7) is 0.00888. The number of rotatable bonds is 7. The molecular formula is C38H30N2O2. The zero-order chi connectivity index (χ0) is 28.5. The van der Waals surface area contributed by atoms with Crippen LogP contribution in [0, 0.1) is 0 Å². The Kier molecular flexibility index (Phi) is 6.67. The van der Waals surface area contributed by atoms with Crippen molar-refractivity contribution in [3.63, 3.8) is 0 Å². The van der Waals surface area contributed by atoms with E-state index in [4.69, 9.17) is 4.74 Å². The highest BCUT2D eigenvalue weighted by atomic mass is 16.5. The lowest BCUT2D eigenvalue weighted by atomic mass is 10.1. The van der Waals surface area contributed by atoms with E-state index in [1.54, 1.807) is 7.11 Å². The molecule has 6 aromatic carbocycles. The summed E-state index contributed by atoms with van der Waals surface area (Å²) in [5, 5.41) is 12.0. The quantitative estimate of drug-likeness (QED) is 0.216. The molecule has 1 aromatic heterocycles. The maximum absolute atomic E-state index is 9.68. The van der Waals surface area contributed by atoms with Crippen LogP contribution >= 0.6 is 0 Å². The lowest BCUT2D eigenvalue weighted by Gasteiger charge is -2.27. The molecule has 0 atom stereocenters. The van der Waals surface area contributed by atoms with Gasteiger partial charge in [0, 0.05) is 27.8 Å². The van der Waals surface area contributed by atoms with Crippen molar-refractivity contribution in [2.75, 3.05) is 12.0 Å². The topological polar surface area (TPSA) is 37.6 Å². The maximum Gasteiger partial charge on any atom is 0.119 e. The normalized spacial score (nSPS) is 11.2. The van der Waals surface area contributed by atoms with Gasteiger partial charge < -0.3 is 19.3 Å². The lowest BCUT2D eigenvalue weighted by molar-refractivity contribution is 0.282. The van der Waals surface area contributed by atoms with Crippen molar-refractivity contribution in [1.29, 1.82) is 0 Å². The second-order valence-corrected chi connectivity index (χ2v) is 10.3. The molecule has 0 aliphatic rings. The Bertz CT molecular complexity index is 1930. The minimum Gasteiger partial charge on any atom is -0.497 e. The Hall–Kier alpha value is -5.32. The molecular weight excluding hydrogens is 516 g/mol. The predicted molar refractivity (Wildman–Crippen MR) is 173 cm³/mol. The summed E-state index contributed by atoms with van der Waals surface area (Å²) >= 11 is 0. The van der Waals surface area contributed by atoms with Gasteiger partial charge in [-0.15, -0.1) is 0 Å². The maximum atomic E-state index is 9.68. The van der Waals surface area contributed by atoms with Crippen LogP contribution < -0.4 is 9.64 Å². The van der Waals surface area contributed by atoms with Gasteiger partial charge in [0.05, 0.1) is 30.4 Å². The minimum absolute atomic E-state index is 0.00888. The minimum atomic E-state index is 0.00888. The molecule has 1 N–H and O–H groups in total. The van der Waals surface area contributed by atoms with Crippen molar-refractivity contribution < 1.29 is 9.84 Å². The van der Waals surface area contributed by atoms with Gasteiger partial charge in [-0.3, -0.25) is 0 Å². The van der Waals surface area contributed by atoms with Crippen LogP contribution in [0.1, 0.15) is 5.56 Å². The molecule has 0 bridgehead atoms. The zero-order valence-electron chi connectivity index (χ0n) is 23.3. The van der Waals surface area contributed by atoms with Crippen LogP contribution in [0.25, 0.3) is 38.6 Å². The van der Waals surface area contributed by atoms with E-state index in [9.17, 15) is 5.11 Å². The van der Waals surface area contributed by atoms with Crippen molar-refractivity contribution in [2.45, 2.75) is 6.61 Å². The first-order valence-corrected chi connectivity index (χ1v) is 14.1. The Labute approximate surface area is 245 Å². The van der Waals surface area contributed by atoms with Crippen molar-refractivity contribution in [1.82, 2.24) is 4.57 Å². The number of hydrogen-bond donors (Lipinski definition) is 1. The molecule has 0 amide bonds. The van der Waals surface area contributed by atoms with E-state index < -0.39 is 0 Å². The van der Waals surface area contributed by atoms with Crippen LogP contribution in [0.15, 0.2) is 146 Å². The second kappa shape index (κ2) is 10.9. The van der Waals surface area contributed by atoms with E-state index in [-0.39, 0.29) is 6.61 Å². The Morgan fingerprint density at radius 1 is 0.595 bits per heavy atom. The van der Waals surface area contributed by atoms with Gasteiger partial charge in [-0.25, -0.2) is 0 Å².